The number of piperazine rings is 1. The molecule has 2 heterocycles. The third-order valence-corrected chi connectivity index (χ3v) is 3.78. The van der Waals surface area contributed by atoms with Crippen LogP contribution in [-0.2, 0) is 0 Å². The molecule has 1 saturated heterocycles. The van der Waals surface area contributed by atoms with E-state index < -0.39 is 0 Å². The number of allylic oxidation sites excluding steroid dienone is 1. The summed E-state index contributed by atoms with van der Waals surface area (Å²) in [7, 11) is 1.90. The second-order valence-electron chi connectivity index (χ2n) is 6.91. The largest absolute Gasteiger partial charge is 0.373 e. The Balaban J connectivity index is 1.92. The molecule has 0 amide bonds. The Labute approximate surface area is 128 Å². The Morgan fingerprint density at radius 3 is 2.48 bits per heavy atom. The van der Waals surface area contributed by atoms with Crippen LogP contribution in [0.1, 0.15) is 27.2 Å². The summed E-state index contributed by atoms with van der Waals surface area (Å²) in [6.45, 7) is 15.1. The van der Waals surface area contributed by atoms with Crippen molar-refractivity contribution in [3.05, 3.63) is 30.5 Å². The van der Waals surface area contributed by atoms with Crippen LogP contribution in [0.15, 0.2) is 30.5 Å². The average Bonchev–Trinajstić information content (AvgIpc) is 2.46. The Kier molecular flexibility index (Phi) is 4.76. The van der Waals surface area contributed by atoms with Gasteiger partial charge in [-0.25, -0.2) is 4.98 Å². The number of nitrogens with one attached hydrogen (secondary N) is 1. The van der Waals surface area contributed by atoms with Gasteiger partial charge in [-0.3, -0.25) is 0 Å². The Morgan fingerprint density at radius 2 is 1.90 bits per heavy atom. The maximum atomic E-state index is 4.62. The lowest BCUT2D eigenvalue weighted by Gasteiger charge is -2.39. The molecule has 0 unspecified atom stereocenters. The zero-order chi connectivity index (χ0) is 15.5. The van der Waals surface area contributed by atoms with E-state index in [1.165, 1.54) is 5.70 Å². The quantitative estimate of drug-likeness (QED) is 0.922. The van der Waals surface area contributed by atoms with E-state index in [2.05, 4.69) is 59.6 Å². The van der Waals surface area contributed by atoms with Crippen molar-refractivity contribution in [3.63, 3.8) is 0 Å². The first kappa shape index (κ1) is 15.7. The van der Waals surface area contributed by atoms with Crippen LogP contribution in [0, 0.1) is 5.41 Å². The molecule has 1 aromatic heterocycles. The molecule has 1 aromatic rings. The van der Waals surface area contributed by atoms with Crippen LogP contribution in [-0.4, -0.2) is 43.1 Å². The second-order valence-corrected chi connectivity index (χ2v) is 6.91. The molecule has 0 aromatic carbocycles. The van der Waals surface area contributed by atoms with Gasteiger partial charge in [-0.2, -0.15) is 0 Å². The fourth-order valence-electron chi connectivity index (χ4n) is 2.71. The van der Waals surface area contributed by atoms with Crippen molar-refractivity contribution in [1.82, 2.24) is 9.88 Å². The molecule has 4 nitrogen and oxygen atoms in total. The highest BCUT2D eigenvalue weighted by molar-refractivity contribution is 5.47. The van der Waals surface area contributed by atoms with Crippen molar-refractivity contribution in [2.24, 2.45) is 5.41 Å². The number of rotatable bonds is 4. The van der Waals surface area contributed by atoms with Gasteiger partial charge in [-0.05, 0) is 24.0 Å². The predicted molar refractivity (Wildman–Crippen MR) is 90.8 cm³/mol. The minimum atomic E-state index is 0.302. The lowest BCUT2D eigenvalue weighted by molar-refractivity contribution is 0.276. The molecule has 0 radical (unpaired) electrons. The third-order valence-electron chi connectivity index (χ3n) is 3.78. The van der Waals surface area contributed by atoms with Crippen LogP contribution in [0.2, 0.25) is 0 Å². The monoisotopic (exact) mass is 288 g/mol. The van der Waals surface area contributed by atoms with E-state index in [-0.39, 0.29) is 0 Å². The summed E-state index contributed by atoms with van der Waals surface area (Å²) in [5.41, 5.74) is 1.57. The summed E-state index contributed by atoms with van der Waals surface area (Å²) < 4.78 is 0. The van der Waals surface area contributed by atoms with Gasteiger partial charge in [0.15, 0.2) is 0 Å². The SMILES string of the molecule is C=C(CC(C)(C)C)N1CCN(c2cccc(NC)n2)CC1. The lowest BCUT2D eigenvalue weighted by atomic mass is 9.90. The maximum absolute atomic E-state index is 4.62. The van der Waals surface area contributed by atoms with Crippen molar-refractivity contribution in [1.29, 1.82) is 0 Å². The Bertz CT molecular complexity index is 482. The number of anilines is 2. The average molecular weight is 288 g/mol. The van der Waals surface area contributed by atoms with Crippen molar-refractivity contribution in [3.8, 4) is 0 Å². The predicted octanol–water partition coefficient (Wildman–Crippen LogP) is 3.20. The van der Waals surface area contributed by atoms with Crippen molar-refractivity contribution in [2.75, 3.05) is 43.4 Å². The van der Waals surface area contributed by atoms with E-state index in [1.807, 2.05) is 13.1 Å². The molecule has 0 spiro atoms. The van der Waals surface area contributed by atoms with Crippen LogP contribution in [0.5, 0.6) is 0 Å². The van der Waals surface area contributed by atoms with E-state index in [0.29, 0.717) is 5.41 Å². The van der Waals surface area contributed by atoms with Gasteiger partial charge in [0.2, 0.25) is 0 Å². The fourth-order valence-corrected chi connectivity index (χ4v) is 2.71. The number of hydrogen-bond acceptors (Lipinski definition) is 4. The molecular formula is C17H28N4. The molecule has 116 valence electrons. The zero-order valence-electron chi connectivity index (χ0n) is 13.8. The molecule has 0 bridgehead atoms. The van der Waals surface area contributed by atoms with Crippen LogP contribution in [0.3, 0.4) is 0 Å². The van der Waals surface area contributed by atoms with Gasteiger partial charge >= 0.3 is 0 Å². The highest BCUT2D eigenvalue weighted by atomic mass is 15.3. The zero-order valence-corrected chi connectivity index (χ0v) is 13.8. The van der Waals surface area contributed by atoms with Gasteiger partial charge in [0.1, 0.15) is 11.6 Å². The number of nitrogens with zero attached hydrogens (tertiary/aromatic N) is 3. The minimum Gasteiger partial charge on any atom is -0.373 e. The number of aromatic nitrogens is 1. The van der Waals surface area contributed by atoms with E-state index in [0.717, 1.165) is 44.2 Å². The number of hydrogen-bond donors (Lipinski definition) is 1. The summed E-state index contributed by atoms with van der Waals surface area (Å²) >= 11 is 0. The molecular weight excluding hydrogens is 260 g/mol. The Hall–Kier alpha value is -1.71. The maximum Gasteiger partial charge on any atom is 0.131 e. The minimum absolute atomic E-state index is 0.302. The lowest BCUT2D eigenvalue weighted by Crippen LogP contribution is -2.46. The molecule has 1 N–H and O–H groups in total. The van der Waals surface area contributed by atoms with Gasteiger partial charge in [0.05, 0.1) is 0 Å². The highest BCUT2D eigenvalue weighted by Gasteiger charge is 2.21. The first-order chi connectivity index (χ1) is 9.89. The van der Waals surface area contributed by atoms with Crippen LogP contribution >= 0.6 is 0 Å². The molecule has 2 rings (SSSR count). The van der Waals surface area contributed by atoms with Gasteiger partial charge in [-0.15, -0.1) is 0 Å². The first-order valence-electron chi connectivity index (χ1n) is 7.71. The van der Waals surface area contributed by atoms with Crippen molar-refractivity contribution >= 4 is 11.6 Å². The highest BCUT2D eigenvalue weighted by Crippen LogP contribution is 2.26. The van der Waals surface area contributed by atoms with E-state index in [1.54, 1.807) is 0 Å². The third kappa shape index (κ3) is 4.38. The molecule has 0 aliphatic carbocycles. The number of pyridine rings is 1. The smallest absolute Gasteiger partial charge is 0.131 e. The summed E-state index contributed by atoms with van der Waals surface area (Å²) in [6.07, 6.45) is 1.06. The second kappa shape index (κ2) is 6.37. The van der Waals surface area contributed by atoms with Gasteiger partial charge in [-0.1, -0.05) is 33.4 Å². The molecule has 1 aliphatic heterocycles. The van der Waals surface area contributed by atoms with Crippen LogP contribution in [0.4, 0.5) is 11.6 Å². The van der Waals surface area contributed by atoms with E-state index in [9.17, 15) is 0 Å². The van der Waals surface area contributed by atoms with Crippen LogP contribution in [0.25, 0.3) is 0 Å². The summed E-state index contributed by atoms with van der Waals surface area (Å²) in [5.74, 6) is 1.98. The topological polar surface area (TPSA) is 31.4 Å². The van der Waals surface area contributed by atoms with Gasteiger partial charge in [0, 0.05) is 38.9 Å². The Morgan fingerprint density at radius 1 is 1.24 bits per heavy atom. The van der Waals surface area contributed by atoms with E-state index >= 15 is 0 Å². The fraction of sp³-hybridized carbons (Fsp3) is 0.588. The molecule has 0 saturated carbocycles. The van der Waals surface area contributed by atoms with Crippen molar-refractivity contribution < 1.29 is 0 Å². The first-order valence-corrected chi connectivity index (χ1v) is 7.71. The molecule has 21 heavy (non-hydrogen) atoms. The summed E-state index contributed by atoms with van der Waals surface area (Å²) in [5, 5.41) is 3.10. The van der Waals surface area contributed by atoms with Crippen LogP contribution < -0.4 is 10.2 Å². The summed E-state index contributed by atoms with van der Waals surface area (Å²) in [6, 6.07) is 6.13. The van der Waals surface area contributed by atoms with Gasteiger partial charge < -0.3 is 15.1 Å². The molecule has 1 fully saturated rings. The normalized spacial score (nSPS) is 16.0. The molecule has 4 heteroatoms. The summed E-state index contributed by atoms with van der Waals surface area (Å²) in [4.78, 5) is 9.39. The van der Waals surface area contributed by atoms with Crippen molar-refractivity contribution in [2.45, 2.75) is 27.2 Å². The standard InChI is InChI=1S/C17H28N4/c1-14(13-17(2,3)4)20-9-11-21(12-10-20)16-8-6-7-15(18-5)19-16/h6-8H,1,9-13H2,2-5H3,(H,18,19). The van der Waals surface area contributed by atoms with Gasteiger partial charge in [0.25, 0.3) is 0 Å². The molecule has 0 atom stereocenters. The molecule has 1 aliphatic rings. The van der Waals surface area contributed by atoms with E-state index in [4.69, 9.17) is 0 Å².